The van der Waals surface area contributed by atoms with Gasteiger partial charge in [0.1, 0.15) is 5.56 Å². The average molecular weight is 296 g/mol. The molecule has 1 aromatic rings. The highest BCUT2D eigenvalue weighted by atomic mass is 16.6. The standard InChI is InChI=1S/C13H20N4O4/c1-2-3-7-21-8-6-15-13(18)11-9-10(16-14)4-5-12(11)17(19)20/h4-5,9,16H,2-3,6-8,14H2,1H3,(H,15,18). The Labute approximate surface area is 122 Å². The van der Waals surface area contributed by atoms with Gasteiger partial charge in [0, 0.05) is 24.9 Å². The number of nitro groups is 1. The average Bonchev–Trinajstić information content (AvgIpc) is 2.49. The lowest BCUT2D eigenvalue weighted by Gasteiger charge is -2.08. The number of carbonyl (C=O) groups is 1. The summed E-state index contributed by atoms with van der Waals surface area (Å²) in [7, 11) is 0. The van der Waals surface area contributed by atoms with Crippen LogP contribution < -0.4 is 16.6 Å². The van der Waals surface area contributed by atoms with E-state index in [1.54, 1.807) is 0 Å². The highest BCUT2D eigenvalue weighted by Crippen LogP contribution is 2.22. The van der Waals surface area contributed by atoms with Gasteiger partial charge in [0.25, 0.3) is 11.6 Å². The van der Waals surface area contributed by atoms with E-state index < -0.39 is 10.8 Å². The first kappa shape index (κ1) is 16.9. The molecule has 0 aliphatic rings. The highest BCUT2D eigenvalue weighted by molar-refractivity contribution is 5.99. The number of unbranched alkanes of at least 4 members (excludes halogenated alkanes) is 1. The van der Waals surface area contributed by atoms with Gasteiger partial charge in [-0.25, -0.2) is 0 Å². The van der Waals surface area contributed by atoms with Crippen LogP contribution in [-0.2, 0) is 4.74 Å². The van der Waals surface area contributed by atoms with Gasteiger partial charge in [-0.2, -0.15) is 0 Å². The van der Waals surface area contributed by atoms with E-state index in [2.05, 4.69) is 17.7 Å². The molecular weight excluding hydrogens is 276 g/mol. The third-order valence-electron chi connectivity index (χ3n) is 2.78. The van der Waals surface area contributed by atoms with Crippen LogP contribution in [0.25, 0.3) is 0 Å². The summed E-state index contributed by atoms with van der Waals surface area (Å²) >= 11 is 0. The summed E-state index contributed by atoms with van der Waals surface area (Å²) in [4.78, 5) is 22.3. The Morgan fingerprint density at radius 2 is 2.19 bits per heavy atom. The van der Waals surface area contributed by atoms with E-state index in [1.807, 2.05) is 0 Å². The minimum absolute atomic E-state index is 0.0380. The Hall–Kier alpha value is -2.19. The van der Waals surface area contributed by atoms with Gasteiger partial charge in [0.15, 0.2) is 0 Å². The SMILES string of the molecule is CCCCOCCNC(=O)c1cc(NN)ccc1[N+](=O)[O-]. The first-order valence-electron chi connectivity index (χ1n) is 6.71. The van der Waals surface area contributed by atoms with E-state index in [1.165, 1.54) is 18.2 Å². The fourth-order valence-electron chi connectivity index (χ4n) is 1.65. The minimum atomic E-state index is -0.604. The predicted molar refractivity (Wildman–Crippen MR) is 79.0 cm³/mol. The monoisotopic (exact) mass is 296 g/mol. The quantitative estimate of drug-likeness (QED) is 0.274. The molecule has 0 heterocycles. The lowest BCUT2D eigenvalue weighted by Crippen LogP contribution is -2.28. The van der Waals surface area contributed by atoms with Crippen LogP contribution in [0.5, 0.6) is 0 Å². The van der Waals surface area contributed by atoms with Crippen molar-refractivity contribution in [3.8, 4) is 0 Å². The van der Waals surface area contributed by atoms with Crippen LogP contribution in [-0.4, -0.2) is 30.6 Å². The topological polar surface area (TPSA) is 120 Å². The molecule has 0 radical (unpaired) electrons. The molecule has 1 amide bonds. The molecule has 1 rings (SSSR count). The lowest BCUT2D eigenvalue weighted by molar-refractivity contribution is -0.385. The lowest BCUT2D eigenvalue weighted by atomic mass is 10.1. The van der Waals surface area contributed by atoms with Gasteiger partial charge in [-0.05, 0) is 18.6 Å². The Kier molecular flexibility index (Phi) is 7.13. The van der Waals surface area contributed by atoms with Crippen molar-refractivity contribution in [1.82, 2.24) is 5.32 Å². The van der Waals surface area contributed by atoms with Gasteiger partial charge in [0.2, 0.25) is 0 Å². The van der Waals surface area contributed by atoms with Gasteiger partial charge in [-0.15, -0.1) is 0 Å². The number of nitro benzene ring substituents is 1. The molecule has 0 saturated heterocycles. The maximum Gasteiger partial charge on any atom is 0.282 e. The van der Waals surface area contributed by atoms with E-state index >= 15 is 0 Å². The van der Waals surface area contributed by atoms with Crippen molar-refractivity contribution in [1.29, 1.82) is 0 Å². The fraction of sp³-hybridized carbons (Fsp3) is 0.462. The molecule has 0 aliphatic heterocycles. The van der Waals surface area contributed by atoms with Crippen molar-refractivity contribution in [2.75, 3.05) is 25.2 Å². The summed E-state index contributed by atoms with van der Waals surface area (Å²) in [5.41, 5.74) is 2.47. The van der Waals surface area contributed by atoms with Gasteiger partial charge in [-0.3, -0.25) is 20.8 Å². The number of anilines is 1. The number of hydrogen-bond donors (Lipinski definition) is 3. The summed E-state index contributed by atoms with van der Waals surface area (Å²) in [5.74, 6) is 4.71. The third-order valence-corrected chi connectivity index (χ3v) is 2.78. The Bertz CT molecular complexity index is 493. The van der Waals surface area contributed by atoms with Crippen LogP contribution in [0.2, 0.25) is 0 Å². The number of hydrazine groups is 1. The normalized spacial score (nSPS) is 10.2. The van der Waals surface area contributed by atoms with Gasteiger partial charge >= 0.3 is 0 Å². The second-order valence-electron chi connectivity index (χ2n) is 4.36. The van der Waals surface area contributed by atoms with Crippen molar-refractivity contribution >= 4 is 17.3 Å². The molecule has 0 aliphatic carbocycles. The first-order chi connectivity index (χ1) is 10.1. The minimum Gasteiger partial charge on any atom is -0.380 e. The predicted octanol–water partition coefficient (Wildman–Crippen LogP) is 1.43. The second kappa shape index (κ2) is 8.88. The van der Waals surface area contributed by atoms with E-state index in [9.17, 15) is 14.9 Å². The van der Waals surface area contributed by atoms with Crippen LogP contribution in [0.1, 0.15) is 30.1 Å². The molecule has 1 aromatic carbocycles. The van der Waals surface area contributed by atoms with Gasteiger partial charge < -0.3 is 15.5 Å². The molecule has 0 atom stereocenters. The second-order valence-corrected chi connectivity index (χ2v) is 4.36. The van der Waals surface area contributed by atoms with Crippen molar-refractivity contribution in [2.24, 2.45) is 5.84 Å². The summed E-state index contributed by atoms with van der Waals surface area (Å²) in [6.07, 6.45) is 2.00. The molecule has 0 bridgehead atoms. The number of amides is 1. The largest absolute Gasteiger partial charge is 0.380 e. The molecule has 0 aromatic heterocycles. The zero-order valence-corrected chi connectivity index (χ0v) is 11.9. The van der Waals surface area contributed by atoms with Gasteiger partial charge in [-0.1, -0.05) is 13.3 Å². The number of hydrogen-bond acceptors (Lipinski definition) is 6. The van der Waals surface area contributed by atoms with Crippen LogP contribution in [0.4, 0.5) is 11.4 Å². The zero-order chi connectivity index (χ0) is 15.7. The summed E-state index contributed by atoms with van der Waals surface area (Å²) in [6, 6.07) is 4.01. The summed E-state index contributed by atoms with van der Waals surface area (Å²) < 4.78 is 5.30. The van der Waals surface area contributed by atoms with Crippen molar-refractivity contribution < 1.29 is 14.5 Å². The Balaban J connectivity index is 2.61. The van der Waals surface area contributed by atoms with Gasteiger partial charge in [0.05, 0.1) is 11.5 Å². The van der Waals surface area contributed by atoms with Crippen LogP contribution in [0.3, 0.4) is 0 Å². The molecule has 0 spiro atoms. The molecule has 21 heavy (non-hydrogen) atoms. The molecule has 8 nitrogen and oxygen atoms in total. The Morgan fingerprint density at radius 3 is 2.81 bits per heavy atom. The number of nitrogen functional groups attached to an aromatic ring is 1. The van der Waals surface area contributed by atoms with E-state index in [-0.39, 0.29) is 11.3 Å². The molecule has 0 saturated carbocycles. The van der Waals surface area contributed by atoms with Crippen LogP contribution >= 0.6 is 0 Å². The molecular formula is C13H20N4O4. The molecule has 0 fully saturated rings. The van der Waals surface area contributed by atoms with Crippen molar-refractivity contribution in [3.05, 3.63) is 33.9 Å². The maximum atomic E-state index is 12.0. The van der Waals surface area contributed by atoms with Crippen LogP contribution in [0, 0.1) is 10.1 Å². The number of benzene rings is 1. The zero-order valence-electron chi connectivity index (χ0n) is 11.9. The fourth-order valence-corrected chi connectivity index (χ4v) is 1.65. The van der Waals surface area contributed by atoms with E-state index in [0.717, 1.165) is 12.8 Å². The molecule has 116 valence electrons. The van der Waals surface area contributed by atoms with Crippen molar-refractivity contribution in [2.45, 2.75) is 19.8 Å². The maximum absolute atomic E-state index is 12.0. The number of carbonyl (C=O) groups excluding carboxylic acids is 1. The number of ether oxygens (including phenoxy) is 1. The number of nitrogens with zero attached hydrogens (tertiary/aromatic N) is 1. The van der Waals surface area contributed by atoms with E-state index in [0.29, 0.717) is 25.4 Å². The number of rotatable bonds is 9. The van der Waals surface area contributed by atoms with E-state index in [4.69, 9.17) is 10.6 Å². The van der Waals surface area contributed by atoms with Crippen molar-refractivity contribution in [3.63, 3.8) is 0 Å². The number of nitrogens with one attached hydrogen (secondary N) is 2. The molecule has 4 N–H and O–H groups in total. The molecule has 0 unspecified atom stereocenters. The Morgan fingerprint density at radius 1 is 1.43 bits per heavy atom. The smallest absolute Gasteiger partial charge is 0.282 e. The number of nitrogens with two attached hydrogens (primary N) is 1. The first-order valence-corrected chi connectivity index (χ1v) is 6.71. The third kappa shape index (κ3) is 5.36. The highest BCUT2D eigenvalue weighted by Gasteiger charge is 2.20. The summed E-state index contributed by atoms with van der Waals surface area (Å²) in [6.45, 7) is 3.36. The summed E-state index contributed by atoms with van der Waals surface area (Å²) in [5, 5.41) is 13.5. The van der Waals surface area contributed by atoms with Crippen LogP contribution in [0.15, 0.2) is 18.2 Å². The molecule has 8 heteroatoms.